The molecule has 0 spiro atoms. The number of aromatic nitrogens is 1. The second kappa shape index (κ2) is 5.48. The predicted octanol–water partition coefficient (Wildman–Crippen LogP) is 1.62. The van der Waals surface area contributed by atoms with Gasteiger partial charge < -0.3 is 14.8 Å². The van der Waals surface area contributed by atoms with Gasteiger partial charge in [-0.05, 0) is 12.1 Å². The van der Waals surface area contributed by atoms with Crippen molar-refractivity contribution in [3.05, 3.63) is 22.8 Å². The maximum atomic E-state index is 6.03. The largest absolute Gasteiger partial charge is 0.469 e. The Kier molecular flexibility index (Phi) is 3.98. The van der Waals surface area contributed by atoms with E-state index >= 15 is 0 Å². The number of nitrogens with one attached hydrogen (secondary N) is 1. The van der Waals surface area contributed by atoms with Gasteiger partial charge >= 0.3 is 0 Å². The van der Waals surface area contributed by atoms with Crippen LogP contribution < -0.4 is 10.1 Å². The van der Waals surface area contributed by atoms with Gasteiger partial charge in [0.1, 0.15) is 6.10 Å². The van der Waals surface area contributed by atoms with Crippen LogP contribution in [0.1, 0.15) is 12.5 Å². The van der Waals surface area contributed by atoms with Crippen LogP contribution in [0, 0.1) is 0 Å². The van der Waals surface area contributed by atoms with Crippen LogP contribution in [-0.2, 0) is 11.3 Å². The van der Waals surface area contributed by atoms with Crippen molar-refractivity contribution in [2.75, 3.05) is 19.8 Å². The third-order valence-electron chi connectivity index (χ3n) is 2.37. The van der Waals surface area contributed by atoms with Crippen LogP contribution in [0.25, 0.3) is 0 Å². The lowest BCUT2D eigenvalue weighted by Gasteiger charge is -2.26. The second-order valence-corrected chi connectivity index (χ2v) is 4.08. The summed E-state index contributed by atoms with van der Waals surface area (Å²) in [5, 5.41) is 3.89. The summed E-state index contributed by atoms with van der Waals surface area (Å²) in [5.41, 5.74) is 1.01. The SMILES string of the molecule is CCNCc1cc(OC2COC2)ncc1Cl. The molecule has 1 aliphatic rings. The van der Waals surface area contributed by atoms with Gasteiger partial charge in [0, 0.05) is 18.8 Å². The average molecular weight is 243 g/mol. The lowest BCUT2D eigenvalue weighted by Crippen LogP contribution is -2.38. The Balaban J connectivity index is 2.01. The maximum absolute atomic E-state index is 6.03. The minimum atomic E-state index is 0.139. The molecular weight excluding hydrogens is 228 g/mol. The fraction of sp³-hybridized carbons (Fsp3) is 0.545. The standard InChI is InChI=1S/C11H15ClN2O2/c1-2-13-4-8-3-11(14-5-10(8)12)16-9-6-15-7-9/h3,5,9,13H,2,4,6-7H2,1H3. The zero-order valence-electron chi connectivity index (χ0n) is 9.20. The van der Waals surface area contributed by atoms with Gasteiger partial charge in [0.2, 0.25) is 5.88 Å². The average Bonchev–Trinajstić information content (AvgIpc) is 2.23. The van der Waals surface area contributed by atoms with Crippen molar-refractivity contribution in [2.24, 2.45) is 0 Å². The highest BCUT2D eigenvalue weighted by Gasteiger charge is 2.20. The molecule has 2 heterocycles. The molecule has 1 N–H and O–H groups in total. The molecule has 88 valence electrons. The molecule has 0 amide bonds. The van der Waals surface area contributed by atoms with E-state index in [1.807, 2.05) is 6.07 Å². The van der Waals surface area contributed by atoms with E-state index in [1.165, 1.54) is 0 Å². The first-order valence-corrected chi connectivity index (χ1v) is 5.77. The van der Waals surface area contributed by atoms with Crippen molar-refractivity contribution < 1.29 is 9.47 Å². The molecule has 0 unspecified atom stereocenters. The normalized spacial score (nSPS) is 15.9. The molecule has 2 rings (SSSR count). The number of rotatable bonds is 5. The van der Waals surface area contributed by atoms with Gasteiger partial charge in [-0.15, -0.1) is 0 Å². The van der Waals surface area contributed by atoms with E-state index < -0.39 is 0 Å². The fourth-order valence-electron chi connectivity index (χ4n) is 1.37. The van der Waals surface area contributed by atoms with Crippen LogP contribution in [0.3, 0.4) is 0 Å². The summed E-state index contributed by atoms with van der Waals surface area (Å²) >= 11 is 6.03. The number of hydrogen-bond donors (Lipinski definition) is 1. The van der Waals surface area contributed by atoms with E-state index in [0.717, 1.165) is 18.7 Å². The number of hydrogen-bond acceptors (Lipinski definition) is 4. The maximum Gasteiger partial charge on any atom is 0.214 e. The van der Waals surface area contributed by atoms with Crippen LogP contribution in [0.15, 0.2) is 12.3 Å². The molecule has 0 radical (unpaired) electrons. The van der Waals surface area contributed by atoms with Crippen molar-refractivity contribution in [3.63, 3.8) is 0 Å². The molecule has 1 fully saturated rings. The number of ether oxygens (including phenoxy) is 2. The zero-order chi connectivity index (χ0) is 11.4. The van der Waals surface area contributed by atoms with E-state index in [1.54, 1.807) is 6.20 Å². The van der Waals surface area contributed by atoms with Crippen molar-refractivity contribution in [1.82, 2.24) is 10.3 Å². The van der Waals surface area contributed by atoms with E-state index in [2.05, 4.69) is 17.2 Å². The molecule has 1 aliphatic heterocycles. The Hall–Kier alpha value is -0.840. The van der Waals surface area contributed by atoms with Gasteiger partial charge in [-0.3, -0.25) is 0 Å². The third kappa shape index (κ3) is 2.84. The first-order valence-electron chi connectivity index (χ1n) is 5.39. The lowest BCUT2D eigenvalue weighted by molar-refractivity contribution is -0.0813. The predicted molar refractivity (Wildman–Crippen MR) is 61.9 cm³/mol. The molecule has 0 saturated carbocycles. The highest BCUT2D eigenvalue weighted by molar-refractivity contribution is 6.31. The fourth-order valence-corrected chi connectivity index (χ4v) is 1.54. The summed E-state index contributed by atoms with van der Waals surface area (Å²) in [6.07, 6.45) is 1.77. The Labute approximate surface area is 99.9 Å². The molecule has 1 aromatic rings. The highest BCUT2D eigenvalue weighted by atomic mass is 35.5. The van der Waals surface area contributed by atoms with E-state index in [4.69, 9.17) is 21.1 Å². The molecule has 1 saturated heterocycles. The van der Waals surface area contributed by atoms with Crippen LogP contribution >= 0.6 is 11.6 Å². The smallest absolute Gasteiger partial charge is 0.214 e. The minimum absolute atomic E-state index is 0.139. The molecule has 0 aromatic carbocycles. The second-order valence-electron chi connectivity index (χ2n) is 3.67. The van der Waals surface area contributed by atoms with Gasteiger partial charge in [0.25, 0.3) is 0 Å². The van der Waals surface area contributed by atoms with Crippen molar-refractivity contribution in [2.45, 2.75) is 19.6 Å². The summed E-state index contributed by atoms with van der Waals surface area (Å²) in [6.45, 7) is 4.98. The molecule has 0 atom stereocenters. The Morgan fingerprint density at radius 1 is 1.62 bits per heavy atom. The van der Waals surface area contributed by atoms with Crippen LogP contribution in [0.5, 0.6) is 5.88 Å². The number of halogens is 1. The van der Waals surface area contributed by atoms with Gasteiger partial charge in [0.05, 0.1) is 18.2 Å². The molecule has 0 bridgehead atoms. The van der Waals surface area contributed by atoms with Gasteiger partial charge in [-0.25, -0.2) is 4.98 Å². The Morgan fingerprint density at radius 2 is 2.44 bits per heavy atom. The lowest BCUT2D eigenvalue weighted by atomic mass is 10.2. The Morgan fingerprint density at radius 3 is 3.06 bits per heavy atom. The number of pyridine rings is 1. The molecule has 1 aromatic heterocycles. The van der Waals surface area contributed by atoms with Gasteiger partial charge in [-0.2, -0.15) is 0 Å². The quantitative estimate of drug-likeness (QED) is 0.852. The minimum Gasteiger partial charge on any atom is -0.469 e. The molecule has 16 heavy (non-hydrogen) atoms. The number of nitrogens with zero attached hydrogens (tertiary/aromatic N) is 1. The van der Waals surface area contributed by atoms with Crippen molar-refractivity contribution >= 4 is 11.6 Å². The van der Waals surface area contributed by atoms with Crippen molar-refractivity contribution in [3.8, 4) is 5.88 Å². The summed E-state index contributed by atoms with van der Waals surface area (Å²) in [4.78, 5) is 4.13. The van der Waals surface area contributed by atoms with Crippen LogP contribution in [-0.4, -0.2) is 30.8 Å². The molecule has 4 nitrogen and oxygen atoms in total. The first kappa shape index (κ1) is 11.6. The monoisotopic (exact) mass is 242 g/mol. The molecule has 0 aliphatic carbocycles. The van der Waals surface area contributed by atoms with E-state index in [0.29, 0.717) is 24.1 Å². The van der Waals surface area contributed by atoms with E-state index in [9.17, 15) is 0 Å². The van der Waals surface area contributed by atoms with Crippen LogP contribution in [0.2, 0.25) is 5.02 Å². The summed E-state index contributed by atoms with van der Waals surface area (Å²) in [5.74, 6) is 0.616. The summed E-state index contributed by atoms with van der Waals surface area (Å²) < 4.78 is 10.6. The molecular formula is C11H15ClN2O2. The Bertz CT molecular complexity index is 356. The first-order chi connectivity index (χ1) is 7.79. The van der Waals surface area contributed by atoms with Gasteiger partial charge in [-0.1, -0.05) is 18.5 Å². The van der Waals surface area contributed by atoms with Gasteiger partial charge in [0.15, 0.2) is 0 Å². The molecule has 5 heteroatoms. The summed E-state index contributed by atoms with van der Waals surface area (Å²) in [6, 6.07) is 1.88. The zero-order valence-corrected chi connectivity index (χ0v) is 9.96. The summed E-state index contributed by atoms with van der Waals surface area (Å²) in [7, 11) is 0. The highest BCUT2D eigenvalue weighted by Crippen LogP contribution is 2.21. The van der Waals surface area contributed by atoms with E-state index in [-0.39, 0.29) is 6.10 Å². The topological polar surface area (TPSA) is 43.4 Å². The van der Waals surface area contributed by atoms with Crippen molar-refractivity contribution in [1.29, 1.82) is 0 Å². The van der Waals surface area contributed by atoms with Crippen LogP contribution in [0.4, 0.5) is 0 Å². The third-order valence-corrected chi connectivity index (χ3v) is 2.71.